The number of rotatable bonds is 6. The van der Waals surface area contributed by atoms with Gasteiger partial charge in [-0.25, -0.2) is 0 Å². The van der Waals surface area contributed by atoms with Gasteiger partial charge >= 0.3 is 0 Å². The normalized spacial score (nSPS) is 12.2. The lowest BCUT2D eigenvalue weighted by Gasteiger charge is -2.15. The van der Waals surface area contributed by atoms with Crippen LogP contribution < -0.4 is 5.32 Å². The maximum Gasteiger partial charge on any atom is 0.220 e. The molecule has 17 heavy (non-hydrogen) atoms. The lowest BCUT2D eigenvalue weighted by molar-refractivity contribution is -0.121. The SMILES string of the molecule is C[C@@H](NC(=O)CCCCBr)c1ccccc1Br. The zero-order chi connectivity index (χ0) is 12.7. The molecule has 4 heteroatoms. The van der Waals surface area contributed by atoms with Gasteiger partial charge in [-0.05, 0) is 31.4 Å². The Morgan fingerprint density at radius 3 is 2.71 bits per heavy atom. The van der Waals surface area contributed by atoms with Gasteiger partial charge in [0.2, 0.25) is 5.91 Å². The van der Waals surface area contributed by atoms with E-state index in [4.69, 9.17) is 0 Å². The molecule has 0 aromatic heterocycles. The van der Waals surface area contributed by atoms with Gasteiger partial charge in [-0.1, -0.05) is 50.1 Å². The van der Waals surface area contributed by atoms with Crippen LogP contribution in [0.1, 0.15) is 37.8 Å². The van der Waals surface area contributed by atoms with Gasteiger partial charge in [0.1, 0.15) is 0 Å². The van der Waals surface area contributed by atoms with Crippen molar-refractivity contribution < 1.29 is 4.79 Å². The number of carbonyl (C=O) groups is 1. The summed E-state index contributed by atoms with van der Waals surface area (Å²) in [7, 11) is 0. The third-order valence-electron chi connectivity index (χ3n) is 2.54. The minimum Gasteiger partial charge on any atom is -0.350 e. The van der Waals surface area contributed by atoms with E-state index in [1.165, 1.54) is 0 Å². The van der Waals surface area contributed by atoms with Crippen molar-refractivity contribution in [2.45, 2.75) is 32.2 Å². The highest BCUT2D eigenvalue weighted by molar-refractivity contribution is 9.10. The van der Waals surface area contributed by atoms with Gasteiger partial charge in [0.15, 0.2) is 0 Å². The molecule has 0 bridgehead atoms. The number of benzene rings is 1. The summed E-state index contributed by atoms with van der Waals surface area (Å²) in [5.74, 6) is 0.120. The molecule has 1 amide bonds. The molecule has 1 atom stereocenters. The standard InChI is InChI=1S/C13H17Br2NO/c1-10(11-6-2-3-7-12(11)15)16-13(17)8-4-5-9-14/h2-3,6-7,10H,4-5,8-9H2,1H3,(H,16,17)/t10-/m1/s1. The smallest absolute Gasteiger partial charge is 0.220 e. The predicted octanol–water partition coefficient (Wildman–Crippen LogP) is 4.19. The van der Waals surface area contributed by atoms with E-state index in [2.05, 4.69) is 37.2 Å². The Labute approximate surface area is 119 Å². The second-order valence-corrected chi connectivity index (χ2v) is 5.60. The van der Waals surface area contributed by atoms with Gasteiger partial charge < -0.3 is 5.32 Å². The van der Waals surface area contributed by atoms with Gasteiger partial charge in [0.25, 0.3) is 0 Å². The Hall–Kier alpha value is -0.350. The van der Waals surface area contributed by atoms with Crippen LogP contribution in [0.3, 0.4) is 0 Å². The van der Waals surface area contributed by atoms with Crippen molar-refractivity contribution in [2.24, 2.45) is 0 Å². The predicted molar refractivity (Wildman–Crippen MR) is 78.3 cm³/mol. The summed E-state index contributed by atoms with van der Waals surface area (Å²) in [6, 6.07) is 8.00. The van der Waals surface area contributed by atoms with Gasteiger partial charge in [-0.15, -0.1) is 0 Å². The van der Waals surface area contributed by atoms with E-state index in [9.17, 15) is 4.79 Å². The third-order valence-corrected chi connectivity index (χ3v) is 3.82. The van der Waals surface area contributed by atoms with E-state index < -0.39 is 0 Å². The molecule has 0 fully saturated rings. The number of amides is 1. The van der Waals surface area contributed by atoms with E-state index in [1.54, 1.807) is 0 Å². The maximum absolute atomic E-state index is 11.7. The van der Waals surface area contributed by atoms with E-state index in [-0.39, 0.29) is 11.9 Å². The minimum atomic E-state index is 0.0436. The summed E-state index contributed by atoms with van der Waals surface area (Å²) in [6.07, 6.45) is 2.57. The fourth-order valence-electron chi connectivity index (χ4n) is 1.60. The molecule has 1 aromatic rings. The lowest BCUT2D eigenvalue weighted by Crippen LogP contribution is -2.26. The molecule has 1 rings (SSSR count). The van der Waals surface area contributed by atoms with Crippen molar-refractivity contribution in [2.75, 3.05) is 5.33 Å². The Balaban J connectivity index is 2.46. The van der Waals surface area contributed by atoms with Crippen LogP contribution >= 0.6 is 31.9 Å². The molecular formula is C13H17Br2NO. The largest absolute Gasteiger partial charge is 0.350 e. The quantitative estimate of drug-likeness (QED) is 0.596. The van der Waals surface area contributed by atoms with E-state index in [0.29, 0.717) is 6.42 Å². The number of alkyl halides is 1. The Bertz CT molecular complexity index is 368. The Kier molecular flexibility index (Phi) is 6.82. The Morgan fingerprint density at radius 2 is 2.06 bits per heavy atom. The highest BCUT2D eigenvalue weighted by atomic mass is 79.9. The third kappa shape index (κ3) is 5.21. The zero-order valence-corrected chi connectivity index (χ0v) is 13.1. The second-order valence-electron chi connectivity index (χ2n) is 3.96. The topological polar surface area (TPSA) is 29.1 Å². The number of halogens is 2. The van der Waals surface area contributed by atoms with Crippen molar-refractivity contribution in [3.63, 3.8) is 0 Å². The van der Waals surface area contributed by atoms with Crippen molar-refractivity contribution in [3.05, 3.63) is 34.3 Å². The fraction of sp³-hybridized carbons (Fsp3) is 0.462. The van der Waals surface area contributed by atoms with E-state index >= 15 is 0 Å². The lowest BCUT2D eigenvalue weighted by atomic mass is 10.1. The minimum absolute atomic E-state index is 0.0436. The first-order valence-electron chi connectivity index (χ1n) is 5.75. The van der Waals surface area contributed by atoms with Crippen LogP contribution in [0, 0.1) is 0 Å². The maximum atomic E-state index is 11.7. The zero-order valence-electron chi connectivity index (χ0n) is 9.88. The van der Waals surface area contributed by atoms with Crippen molar-refractivity contribution in [3.8, 4) is 0 Å². The van der Waals surface area contributed by atoms with Crippen LogP contribution in [0.5, 0.6) is 0 Å². The Morgan fingerprint density at radius 1 is 1.35 bits per heavy atom. The molecule has 0 unspecified atom stereocenters. The number of nitrogens with one attached hydrogen (secondary N) is 1. The van der Waals surface area contributed by atoms with Crippen LogP contribution in [0.2, 0.25) is 0 Å². The van der Waals surface area contributed by atoms with Crippen LogP contribution in [-0.4, -0.2) is 11.2 Å². The number of unbranched alkanes of at least 4 members (excludes halogenated alkanes) is 1. The molecular weight excluding hydrogens is 346 g/mol. The number of carbonyl (C=O) groups excluding carboxylic acids is 1. The molecule has 0 heterocycles. The molecule has 1 aromatic carbocycles. The van der Waals surface area contributed by atoms with Crippen LogP contribution in [-0.2, 0) is 4.79 Å². The molecule has 0 aliphatic carbocycles. The number of hydrogen-bond acceptors (Lipinski definition) is 1. The monoisotopic (exact) mass is 361 g/mol. The second kappa shape index (κ2) is 7.88. The van der Waals surface area contributed by atoms with Crippen LogP contribution in [0.15, 0.2) is 28.7 Å². The van der Waals surface area contributed by atoms with Gasteiger partial charge in [-0.3, -0.25) is 4.79 Å². The molecule has 0 aliphatic heterocycles. The van der Waals surface area contributed by atoms with E-state index in [1.807, 2.05) is 31.2 Å². The molecule has 0 radical (unpaired) electrons. The summed E-state index contributed by atoms with van der Waals surface area (Å²) in [4.78, 5) is 11.7. The molecule has 0 saturated carbocycles. The van der Waals surface area contributed by atoms with Gasteiger partial charge in [0.05, 0.1) is 6.04 Å². The van der Waals surface area contributed by atoms with Gasteiger partial charge in [0, 0.05) is 16.2 Å². The summed E-state index contributed by atoms with van der Waals surface area (Å²) in [6.45, 7) is 2.00. The highest BCUT2D eigenvalue weighted by Gasteiger charge is 2.11. The first-order valence-corrected chi connectivity index (χ1v) is 7.66. The fourth-order valence-corrected chi connectivity index (χ4v) is 2.62. The summed E-state index contributed by atoms with van der Waals surface area (Å²) in [5, 5.41) is 3.97. The van der Waals surface area contributed by atoms with Gasteiger partial charge in [-0.2, -0.15) is 0 Å². The summed E-state index contributed by atoms with van der Waals surface area (Å²) in [5.41, 5.74) is 1.11. The summed E-state index contributed by atoms with van der Waals surface area (Å²) < 4.78 is 1.04. The molecule has 0 spiro atoms. The molecule has 0 saturated heterocycles. The average molecular weight is 363 g/mol. The first kappa shape index (κ1) is 14.7. The molecule has 94 valence electrons. The molecule has 0 aliphatic rings. The molecule has 2 nitrogen and oxygen atoms in total. The van der Waals surface area contributed by atoms with Crippen molar-refractivity contribution >= 4 is 37.8 Å². The number of hydrogen-bond donors (Lipinski definition) is 1. The van der Waals surface area contributed by atoms with Crippen LogP contribution in [0.4, 0.5) is 0 Å². The van der Waals surface area contributed by atoms with E-state index in [0.717, 1.165) is 28.2 Å². The average Bonchev–Trinajstić information content (AvgIpc) is 2.29. The summed E-state index contributed by atoms with van der Waals surface area (Å²) >= 11 is 6.85. The van der Waals surface area contributed by atoms with Crippen molar-refractivity contribution in [1.82, 2.24) is 5.32 Å². The molecule has 1 N–H and O–H groups in total. The van der Waals surface area contributed by atoms with Crippen molar-refractivity contribution in [1.29, 1.82) is 0 Å². The first-order chi connectivity index (χ1) is 8.15. The highest BCUT2D eigenvalue weighted by Crippen LogP contribution is 2.22. The van der Waals surface area contributed by atoms with Crippen LogP contribution in [0.25, 0.3) is 0 Å².